The van der Waals surface area contributed by atoms with E-state index in [2.05, 4.69) is 10.6 Å². The van der Waals surface area contributed by atoms with Crippen molar-refractivity contribution >= 4 is 54.9 Å². The van der Waals surface area contributed by atoms with E-state index in [-0.39, 0.29) is 29.1 Å². The molecule has 1 aliphatic heterocycles. The summed E-state index contributed by atoms with van der Waals surface area (Å²) in [6.07, 6.45) is -0.188. The molecular formula is C32H29ClFN3O7S2. The van der Waals surface area contributed by atoms with E-state index in [4.69, 9.17) is 15.8 Å². The molecule has 2 atom stereocenters. The van der Waals surface area contributed by atoms with Crippen molar-refractivity contribution < 1.29 is 35.0 Å². The number of carbonyl (C=O) groups excluding carboxylic acids is 2. The lowest BCUT2D eigenvalue weighted by Crippen LogP contribution is -2.45. The van der Waals surface area contributed by atoms with Crippen molar-refractivity contribution in [1.82, 2.24) is 4.90 Å². The molecule has 0 bridgehead atoms. The fourth-order valence-corrected chi connectivity index (χ4v) is 7.38. The number of likely N-dealkylation sites (tertiary alicyclic amines) is 1. The second-order valence-electron chi connectivity index (χ2n) is 10.7. The summed E-state index contributed by atoms with van der Waals surface area (Å²) < 4.78 is 71.0. The number of hydrogen-bond acceptors (Lipinski definition) is 7. The molecule has 0 spiro atoms. The van der Waals surface area contributed by atoms with Crippen LogP contribution in [0, 0.1) is 5.82 Å². The Morgan fingerprint density at radius 3 is 2.26 bits per heavy atom. The van der Waals surface area contributed by atoms with E-state index in [0.29, 0.717) is 21.8 Å². The average molecular weight is 686 g/mol. The SMILES string of the molecule is CS(=O)(=O)c1ccccc1-c1ccc(NC(=O)C2CC(OS(=O)(=O)Cc3ccccc3)CN2C(=O)Nc2ccc(Cl)cc2)c(F)c1. The van der Waals surface area contributed by atoms with Gasteiger partial charge in [-0.15, -0.1) is 0 Å². The van der Waals surface area contributed by atoms with Crippen molar-refractivity contribution in [1.29, 1.82) is 0 Å². The normalized spacial score (nSPS) is 16.6. The molecule has 1 saturated heterocycles. The lowest BCUT2D eigenvalue weighted by molar-refractivity contribution is -0.119. The Balaban J connectivity index is 1.36. The maximum absolute atomic E-state index is 15.3. The fourth-order valence-electron chi connectivity index (χ4n) is 5.12. The van der Waals surface area contributed by atoms with Crippen LogP contribution in [0.25, 0.3) is 11.1 Å². The van der Waals surface area contributed by atoms with Crippen LogP contribution < -0.4 is 10.6 Å². The van der Waals surface area contributed by atoms with E-state index in [1.165, 1.54) is 18.2 Å². The molecule has 1 heterocycles. The van der Waals surface area contributed by atoms with Crippen LogP contribution >= 0.6 is 11.6 Å². The highest BCUT2D eigenvalue weighted by molar-refractivity contribution is 7.90. The fraction of sp³-hybridized carbons (Fsp3) is 0.188. The molecule has 46 heavy (non-hydrogen) atoms. The Morgan fingerprint density at radius 2 is 1.59 bits per heavy atom. The quantitative estimate of drug-likeness (QED) is 0.215. The van der Waals surface area contributed by atoms with Crippen molar-refractivity contribution in [2.75, 3.05) is 23.4 Å². The first-order valence-corrected chi connectivity index (χ1v) is 17.8. The zero-order valence-electron chi connectivity index (χ0n) is 24.4. The molecule has 3 amide bonds. The van der Waals surface area contributed by atoms with Crippen molar-refractivity contribution in [3.05, 3.63) is 113 Å². The number of amides is 3. The lowest BCUT2D eigenvalue weighted by atomic mass is 10.0. The topological polar surface area (TPSA) is 139 Å². The minimum atomic E-state index is -4.10. The van der Waals surface area contributed by atoms with E-state index < -0.39 is 55.6 Å². The Kier molecular flexibility index (Phi) is 9.77. The van der Waals surface area contributed by atoms with Crippen LogP contribution in [0.4, 0.5) is 20.6 Å². The summed E-state index contributed by atoms with van der Waals surface area (Å²) in [6, 6.07) is 22.7. The molecule has 1 aliphatic rings. The number of nitrogens with one attached hydrogen (secondary N) is 2. The van der Waals surface area contributed by atoms with Gasteiger partial charge < -0.3 is 15.5 Å². The van der Waals surface area contributed by atoms with Crippen molar-refractivity contribution in [2.24, 2.45) is 0 Å². The van der Waals surface area contributed by atoms with Gasteiger partial charge in [-0.1, -0.05) is 66.2 Å². The molecule has 1 fully saturated rings. The second kappa shape index (κ2) is 13.6. The molecule has 0 aromatic heterocycles. The number of urea groups is 1. The molecule has 4 aromatic carbocycles. The Morgan fingerprint density at radius 1 is 0.913 bits per heavy atom. The van der Waals surface area contributed by atoms with Gasteiger partial charge in [-0.2, -0.15) is 8.42 Å². The smallest absolute Gasteiger partial charge is 0.322 e. The molecule has 4 aromatic rings. The Labute approximate surface area is 271 Å². The van der Waals surface area contributed by atoms with Gasteiger partial charge in [0.2, 0.25) is 5.91 Å². The predicted octanol–water partition coefficient (Wildman–Crippen LogP) is 5.71. The number of carbonyl (C=O) groups is 2. The molecule has 5 rings (SSSR count). The van der Waals surface area contributed by atoms with E-state index in [1.807, 2.05) is 0 Å². The van der Waals surface area contributed by atoms with Gasteiger partial charge in [0.25, 0.3) is 10.1 Å². The lowest BCUT2D eigenvalue weighted by Gasteiger charge is -2.24. The van der Waals surface area contributed by atoms with E-state index in [1.54, 1.807) is 72.8 Å². The minimum absolute atomic E-state index is 0.0211. The molecule has 2 unspecified atom stereocenters. The molecule has 0 radical (unpaired) electrons. The molecule has 14 heteroatoms. The van der Waals surface area contributed by atoms with Gasteiger partial charge in [0.15, 0.2) is 9.84 Å². The zero-order chi connectivity index (χ0) is 33.1. The summed E-state index contributed by atoms with van der Waals surface area (Å²) in [5.74, 6) is -2.03. The molecule has 0 aliphatic carbocycles. The van der Waals surface area contributed by atoms with Gasteiger partial charge in [-0.05, 0) is 53.6 Å². The number of benzene rings is 4. The molecule has 240 valence electrons. The maximum Gasteiger partial charge on any atom is 0.322 e. The van der Waals surface area contributed by atoms with Gasteiger partial charge in [-0.3, -0.25) is 8.98 Å². The number of anilines is 2. The average Bonchev–Trinajstić information content (AvgIpc) is 3.42. The van der Waals surface area contributed by atoms with Crippen molar-refractivity contribution in [3.8, 4) is 11.1 Å². The standard InChI is InChI=1S/C32H29ClFN3O7S2/c1-45(40,41)30-10-6-5-9-26(30)22-11-16-28(27(34)17-22)36-31(38)29-18-25(44-46(42,43)20-21-7-3-2-4-8-21)19-37(29)32(39)35-24-14-12-23(33)13-15-24/h2-17,25,29H,18-20H2,1H3,(H,35,39)(H,36,38). The predicted molar refractivity (Wildman–Crippen MR) is 173 cm³/mol. The van der Waals surface area contributed by atoms with Gasteiger partial charge in [0.1, 0.15) is 17.6 Å². The summed E-state index contributed by atoms with van der Waals surface area (Å²) in [5, 5.41) is 5.58. The van der Waals surface area contributed by atoms with Crippen LogP contribution in [0.15, 0.2) is 102 Å². The highest BCUT2D eigenvalue weighted by Crippen LogP contribution is 2.31. The minimum Gasteiger partial charge on any atom is -0.322 e. The van der Waals surface area contributed by atoms with Crippen molar-refractivity contribution in [2.45, 2.75) is 29.2 Å². The van der Waals surface area contributed by atoms with Crippen LogP contribution in [0.5, 0.6) is 0 Å². The largest absolute Gasteiger partial charge is 0.322 e. The first-order valence-electron chi connectivity index (χ1n) is 14.0. The number of sulfone groups is 1. The molecule has 10 nitrogen and oxygen atoms in total. The highest BCUT2D eigenvalue weighted by atomic mass is 35.5. The summed E-state index contributed by atoms with van der Waals surface area (Å²) in [6.45, 7) is -0.241. The highest BCUT2D eigenvalue weighted by Gasteiger charge is 2.42. The van der Waals surface area contributed by atoms with E-state index in [9.17, 15) is 26.4 Å². The Hall–Kier alpha value is -4.30. The van der Waals surface area contributed by atoms with Gasteiger partial charge >= 0.3 is 6.03 Å². The van der Waals surface area contributed by atoms with Gasteiger partial charge in [0.05, 0.1) is 23.2 Å². The van der Waals surface area contributed by atoms with Gasteiger partial charge in [0, 0.05) is 29.0 Å². The number of nitrogens with zero attached hydrogens (tertiary/aromatic N) is 1. The summed E-state index contributed by atoms with van der Waals surface area (Å²) in [5.41, 5.74) is 1.23. The summed E-state index contributed by atoms with van der Waals surface area (Å²) >= 11 is 5.93. The molecule has 2 N–H and O–H groups in total. The van der Waals surface area contributed by atoms with E-state index in [0.717, 1.165) is 17.2 Å². The third kappa shape index (κ3) is 8.10. The maximum atomic E-state index is 15.3. The van der Waals surface area contributed by atoms with E-state index >= 15 is 4.39 Å². The number of halogens is 2. The molecule has 0 saturated carbocycles. The third-order valence-electron chi connectivity index (χ3n) is 7.22. The third-order valence-corrected chi connectivity index (χ3v) is 9.87. The van der Waals surface area contributed by atoms with Crippen LogP contribution in [0.3, 0.4) is 0 Å². The summed E-state index contributed by atoms with van der Waals surface area (Å²) in [7, 11) is -7.71. The first kappa shape index (κ1) is 33.1. The van der Waals surface area contributed by atoms with Crippen LogP contribution in [-0.2, 0) is 34.7 Å². The van der Waals surface area contributed by atoms with Crippen LogP contribution in [0.2, 0.25) is 5.02 Å². The first-order chi connectivity index (χ1) is 21.8. The number of hydrogen-bond donors (Lipinski definition) is 2. The Bertz CT molecular complexity index is 1980. The van der Waals surface area contributed by atoms with Crippen LogP contribution in [-0.4, -0.2) is 58.6 Å². The molecular weight excluding hydrogens is 657 g/mol. The second-order valence-corrected chi connectivity index (χ2v) is 14.7. The van der Waals surface area contributed by atoms with Gasteiger partial charge in [-0.25, -0.2) is 17.6 Å². The number of rotatable bonds is 9. The van der Waals surface area contributed by atoms with Crippen molar-refractivity contribution in [3.63, 3.8) is 0 Å². The van der Waals surface area contributed by atoms with Crippen LogP contribution in [0.1, 0.15) is 12.0 Å². The monoisotopic (exact) mass is 685 g/mol. The zero-order valence-corrected chi connectivity index (χ0v) is 26.8. The summed E-state index contributed by atoms with van der Waals surface area (Å²) in [4.78, 5) is 28.0.